The Labute approximate surface area is 138 Å². The van der Waals surface area contributed by atoms with Gasteiger partial charge in [-0.3, -0.25) is 9.59 Å². The summed E-state index contributed by atoms with van der Waals surface area (Å²) in [6, 6.07) is 7.28. The van der Waals surface area contributed by atoms with Gasteiger partial charge >= 0.3 is 0 Å². The van der Waals surface area contributed by atoms with Crippen molar-refractivity contribution in [3.63, 3.8) is 0 Å². The molecule has 0 aliphatic carbocycles. The van der Waals surface area contributed by atoms with E-state index < -0.39 is 0 Å². The molecule has 1 unspecified atom stereocenters. The zero-order chi connectivity index (χ0) is 16.6. The third-order valence-corrected chi connectivity index (χ3v) is 4.74. The Morgan fingerprint density at radius 3 is 2.83 bits per heavy atom. The first kappa shape index (κ1) is 15.6. The Balaban J connectivity index is 1.77. The summed E-state index contributed by atoms with van der Waals surface area (Å²) in [4.78, 5) is 25.9. The second-order valence-corrected chi connectivity index (χ2v) is 7.07. The molecule has 0 saturated carbocycles. The lowest BCUT2D eigenvalue weighted by Gasteiger charge is -2.21. The molecule has 2 heterocycles. The first-order valence-corrected chi connectivity index (χ1v) is 8.20. The van der Waals surface area contributed by atoms with Crippen LogP contribution in [0, 0.1) is 13.8 Å². The summed E-state index contributed by atoms with van der Waals surface area (Å²) in [7, 11) is 0. The van der Waals surface area contributed by atoms with Gasteiger partial charge in [-0.05, 0) is 44.5 Å². The fourth-order valence-corrected chi connectivity index (χ4v) is 3.51. The molecule has 0 saturated heterocycles. The quantitative estimate of drug-likeness (QED) is 0.908. The van der Waals surface area contributed by atoms with Crippen molar-refractivity contribution < 1.29 is 14.3 Å². The molecule has 1 aliphatic heterocycles. The molecular formula is C17H18N2O3S. The van der Waals surface area contributed by atoms with Gasteiger partial charge in [-0.2, -0.15) is 0 Å². The second kappa shape index (κ2) is 6.04. The molecule has 0 spiro atoms. The molecule has 23 heavy (non-hydrogen) atoms. The predicted molar refractivity (Wildman–Crippen MR) is 90.2 cm³/mol. The summed E-state index contributed by atoms with van der Waals surface area (Å²) < 4.78 is 5.34. The number of carbonyl (C=O) groups excluding carboxylic acids is 2. The SMILES string of the molecule is Cc1cc(C(=O)NC(C)c2ccc3c(c2)NC(=O)CO3)c(C)s1. The van der Waals surface area contributed by atoms with Gasteiger partial charge < -0.3 is 15.4 Å². The van der Waals surface area contributed by atoms with Crippen LogP contribution in [0.1, 0.15) is 38.6 Å². The third-order valence-electron chi connectivity index (χ3n) is 3.77. The van der Waals surface area contributed by atoms with Crippen LogP contribution in [0.15, 0.2) is 24.3 Å². The molecule has 0 bridgehead atoms. The van der Waals surface area contributed by atoms with Crippen LogP contribution < -0.4 is 15.4 Å². The molecule has 2 N–H and O–H groups in total. The van der Waals surface area contributed by atoms with E-state index in [-0.39, 0.29) is 24.5 Å². The van der Waals surface area contributed by atoms with Crippen molar-refractivity contribution >= 4 is 28.8 Å². The summed E-state index contributed by atoms with van der Waals surface area (Å²) in [5.74, 6) is 0.393. The van der Waals surface area contributed by atoms with Crippen molar-refractivity contribution in [3.8, 4) is 5.75 Å². The van der Waals surface area contributed by atoms with Gasteiger partial charge in [-0.1, -0.05) is 6.07 Å². The van der Waals surface area contributed by atoms with Crippen molar-refractivity contribution in [2.45, 2.75) is 26.8 Å². The zero-order valence-corrected chi connectivity index (χ0v) is 14.0. The highest BCUT2D eigenvalue weighted by atomic mass is 32.1. The summed E-state index contributed by atoms with van der Waals surface area (Å²) >= 11 is 1.61. The molecule has 1 aromatic carbocycles. The van der Waals surface area contributed by atoms with Crippen LogP contribution in [0.25, 0.3) is 0 Å². The lowest BCUT2D eigenvalue weighted by atomic mass is 10.1. The first-order chi connectivity index (χ1) is 10.9. The highest BCUT2D eigenvalue weighted by molar-refractivity contribution is 7.12. The van der Waals surface area contributed by atoms with Crippen LogP contribution in [0.3, 0.4) is 0 Å². The van der Waals surface area contributed by atoms with E-state index in [4.69, 9.17) is 4.74 Å². The molecule has 2 amide bonds. The molecule has 5 nitrogen and oxygen atoms in total. The Hall–Kier alpha value is -2.34. The van der Waals surface area contributed by atoms with Gasteiger partial charge in [0.25, 0.3) is 11.8 Å². The van der Waals surface area contributed by atoms with E-state index in [1.165, 1.54) is 0 Å². The molecule has 120 valence electrons. The fraction of sp³-hybridized carbons (Fsp3) is 0.294. The number of nitrogens with one attached hydrogen (secondary N) is 2. The number of fused-ring (bicyclic) bond motifs is 1. The Morgan fingerprint density at radius 1 is 1.35 bits per heavy atom. The van der Waals surface area contributed by atoms with E-state index in [0.29, 0.717) is 17.0 Å². The van der Waals surface area contributed by atoms with Gasteiger partial charge in [0, 0.05) is 9.75 Å². The van der Waals surface area contributed by atoms with Gasteiger partial charge in [0.1, 0.15) is 5.75 Å². The zero-order valence-electron chi connectivity index (χ0n) is 13.2. The maximum absolute atomic E-state index is 12.4. The molecule has 1 aliphatic rings. The summed E-state index contributed by atoms with van der Waals surface area (Å²) in [5, 5.41) is 5.78. The minimum Gasteiger partial charge on any atom is -0.482 e. The molecule has 2 aromatic rings. The number of amides is 2. The van der Waals surface area contributed by atoms with Crippen molar-refractivity contribution in [1.29, 1.82) is 0 Å². The monoisotopic (exact) mass is 330 g/mol. The van der Waals surface area contributed by atoms with Crippen LogP contribution in [-0.2, 0) is 4.79 Å². The number of carbonyl (C=O) groups is 2. The summed E-state index contributed by atoms with van der Waals surface area (Å²) in [6.07, 6.45) is 0. The minimum atomic E-state index is -0.175. The van der Waals surface area contributed by atoms with Gasteiger partial charge in [0.15, 0.2) is 6.61 Å². The van der Waals surface area contributed by atoms with E-state index in [1.807, 2.05) is 45.0 Å². The van der Waals surface area contributed by atoms with Gasteiger partial charge in [0.05, 0.1) is 17.3 Å². The number of hydrogen-bond donors (Lipinski definition) is 2. The van der Waals surface area contributed by atoms with Gasteiger partial charge in [-0.25, -0.2) is 0 Å². The number of thiophene rings is 1. The lowest BCUT2D eigenvalue weighted by molar-refractivity contribution is -0.118. The Bertz CT molecular complexity index is 782. The predicted octanol–water partition coefficient (Wildman–Crippen LogP) is 3.19. The van der Waals surface area contributed by atoms with E-state index in [2.05, 4.69) is 10.6 Å². The maximum atomic E-state index is 12.4. The molecule has 0 fully saturated rings. The Morgan fingerprint density at radius 2 is 2.13 bits per heavy atom. The summed E-state index contributed by atoms with van der Waals surface area (Å²) in [5.41, 5.74) is 2.27. The number of ether oxygens (including phenoxy) is 1. The van der Waals surface area contributed by atoms with E-state index in [9.17, 15) is 9.59 Å². The smallest absolute Gasteiger partial charge is 0.262 e. The number of rotatable bonds is 3. The lowest BCUT2D eigenvalue weighted by Crippen LogP contribution is -2.28. The molecule has 1 atom stereocenters. The Kier molecular flexibility index (Phi) is 4.09. The van der Waals surface area contributed by atoms with E-state index >= 15 is 0 Å². The highest BCUT2D eigenvalue weighted by Crippen LogP contribution is 2.30. The van der Waals surface area contributed by atoms with E-state index in [0.717, 1.165) is 15.3 Å². The summed E-state index contributed by atoms with van der Waals surface area (Å²) in [6.45, 7) is 5.89. The molecule has 3 rings (SSSR count). The number of aryl methyl sites for hydroxylation is 2. The average Bonchev–Trinajstić information content (AvgIpc) is 2.85. The molecule has 6 heteroatoms. The average molecular weight is 330 g/mol. The highest BCUT2D eigenvalue weighted by Gasteiger charge is 2.19. The fourth-order valence-electron chi connectivity index (χ4n) is 2.58. The van der Waals surface area contributed by atoms with Crippen molar-refractivity contribution in [2.24, 2.45) is 0 Å². The third kappa shape index (κ3) is 3.22. The van der Waals surface area contributed by atoms with Gasteiger partial charge in [0.2, 0.25) is 0 Å². The van der Waals surface area contributed by atoms with Crippen LogP contribution in [0.2, 0.25) is 0 Å². The van der Waals surface area contributed by atoms with Crippen LogP contribution >= 0.6 is 11.3 Å². The van der Waals surface area contributed by atoms with Crippen LogP contribution in [0.5, 0.6) is 5.75 Å². The standard InChI is InChI=1S/C17H18N2O3S/c1-9-6-13(11(3)23-9)17(21)18-10(2)12-4-5-15-14(7-12)19-16(20)8-22-15/h4-7,10H,8H2,1-3H3,(H,18,21)(H,19,20). The number of anilines is 1. The molecular weight excluding hydrogens is 312 g/mol. The van der Waals surface area contributed by atoms with E-state index in [1.54, 1.807) is 11.3 Å². The van der Waals surface area contributed by atoms with Crippen LogP contribution in [0.4, 0.5) is 5.69 Å². The topological polar surface area (TPSA) is 67.4 Å². The second-order valence-electron chi connectivity index (χ2n) is 5.61. The molecule has 1 aromatic heterocycles. The largest absolute Gasteiger partial charge is 0.482 e. The van der Waals surface area contributed by atoms with Crippen LogP contribution in [-0.4, -0.2) is 18.4 Å². The van der Waals surface area contributed by atoms with Gasteiger partial charge in [-0.15, -0.1) is 11.3 Å². The number of hydrogen-bond acceptors (Lipinski definition) is 4. The molecule has 0 radical (unpaired) electrons. The van der Waals surface area contributed by atoms with Crippen molar-refractivity contribution in [1.82, 2.24) is 5.32 Å². The first-order valence-electron chi connectivity index (χ1n) is 7.38. The number of benzene rings is 1. The normalized spacial score (nSPS) is 14.5. The minimum absolute atomic E-state index is 0.0371. The van der Waals surface area contributed by atoms with Crippen molar-refractivity contribution in [3.05, 3.63) is 45.1 Å². The van der Waals surface area contributed by atoms with Crippen molar-refractivity contribution in [2.75, 3.05) is 11.9 Å². The maximum Gasteiger partial charge on any atom is 0.262 e.